The first-order chi connectivity index (χ1) is 9.84. The summed E-state index contributed by atoms with van der Waals surface area (Å²) >= 11 is 0. The van der Waals surface area contributed by atoms with Crippen molar-refractivity contribution >= 4 is 11.9 Å². The molecule has 0 radical (unpaired) electrons. The molecule has 0 aromatic heterocycles. The highest BCUT2D eigenvalue weighted by atomic mass is 16.4. The average Bonchev–Trinajstić information content (AvgIpc) is 2.43. The van der Waals surface area contributed by atoms with E-state index in [1.54, 1.807) is 0 Å². The number of nitrogens with one attached hydrogen (secondary N) is 1. The summed E-state index contributed by atoms with van der Waals surface area (Å²) in [5.74, 6) is 0.217. The third-order valence-corrected chi connectivity index (χ3v) is 4.61. The fourth-order valence-electron chi connectivity index (χ4n) is 3.12. The summed E-state index contributed by atoms with van der Waals surface area (Å²) in [4.78, 5) is 23.0. The number of carboxylic acid groups (broad SMARTS) is 1. The zero-order valence-electron chi connectivity index (χ0n) is 13.8. The van der Waals surface area contributed by atoms with Gasteiger partial charge in [-0.05, 0) is 51.9 Å². The Balaban J connectivity index is 2.34. The van der Waals surface area contributed by atoms with Crippen LogP contribution in [0.5, 0.6) is 0 Å². The molecule has 1 fully saturated rings. The molecule has 0 aromatic carbocycles. The number of carbonyl (C=O) groups is 2. The summed E-state index contributed by atoms with van der Waals surface area (Å²) in [6.07, 6.45) is 8.69. The maximum absolute atomic E-state index is 12.3. The minimum atomic E-state index is -0.811. The first-order valence-electron chi connectivity index (χ1n) is 8.38. The van der Waals surface area contributed by atoms with Gasteiger partial charge < -0.3 is 10.4 Å². The van der Waals surface area contributed by atoms with Crippen molar-refractivity contribution in [1.82, 2.24) is 5.32 Å². The summed E-state index contributed by atoms with van der Waals surface area (Å²) in [7, 11) is 0. The van der Waals surface area contributed by atoms with E-state index in [0.717, 1.165) is 31.6 Å². The molecule has 0 saturated heterocycles. The largest absolute Gasteiger partial charge is 0.481 e. The van der Waals surface area contributed by atoms with Crippen LogP contribution in [0.3, 0.4) is 0 Å². The van der Waals surface area contributed by atoms with Gasteiger partial charge in [0.05, 0.1) is 0 Å². The molecule has 21 heavy (non-hydrogen) atoms. The number of hydrogen-bond acceptors (Lipinski definition) is 2. The van der Waals surface area contributed by atoms with Crippen molar-refractivity contribution in [1.29, 1.82) is 0 Å². The van der Waals surface area contributed by atoms with Crippen molar-refractivity contribution < 1.29 is 14.7 Å². The van der Waals surface area contributed by atoms with E-state index in [9.17, 15) is 9.59 Å². The number of aliphatic carboxylic acids is 1. The van der Waals surface area contributed by atoms with Crippen LogP contribution >= 0.6 is 0 Å². The molecule has 0 unspecified atom stereocenters. The molecule has 1 saturated carbocycles. The molecule has 0 spiro atoms. The monoisotopic (exact) mass is 297 g/mol. The van der Waals surface area contributed by atoms with Crippen molar-refractivity contribution in [2.45, 2.75) is 84.1 Å². The van der Waals surface area contributed by atoms with Crippen molar-refractivity contribution in [3.8, 4) is 0 Å². The lowest BCUT2D eigenvalue weighted by Gasteiger charge is -2.32. The molecule has 122 valence electrons. The van der Waals surface area contributed by atoms with Gasteiger partial charge in [-0.1, -0.05) is 26.2 Å². The number of amides is 1. The van der Waals surface area contributed by atoms with Gasteiger partial charge in [-0.2, -0.15) is 0 Å². The number of rotatable bonds is 8. The first-order valence-corrected chi connectivity index (χ1v) is 8.38. The Morgan fingerprint density at radius 2 is 1.81 bits per heavy atom. The quantitative estimate of drug-likeness (QED) is 0.717. The average molecular weight is 297 g/mol. The number of carbonyl (C=O) groups excluding carboxylic acids is 1. The van der Waals surface area contributed by atoms with Crippen LogP contribution in [0.15, 0.2) is 0 Å². The third kappa shape index (κ3) is 6.96. The topological polar surface area (TPSA) is 66.4 Å². The second-order valence-electron chi connectivity index (χ2n) is 7.13. The second kappa shape index (κ2) is 8.40. The van der Waals surface area contributed by atoms with Crippen LogP contribution in [0.2, 0.25) is 0 Å². The molecule has 0 aliphatic heterocycles. The van der Waals surface area contributed by atoms with E-state index in [4.69, 9.17) is 5.11 Å². The molecule has 1 rings (SSSR count). The maximum atomic E-state index is 12.3. The molecule has 4 heteroatoms. The van der Waals surface area contributed by atoms with Crippen LogP contribution in [0, 0.1) is 11.8 Å². The molecule has 0 bridgehead atoms. The molecular formula is C17H31NO3. The van der Waals surface area contributed by atoms with Gasteiger partial charge in [-0.15, -0.1) is 0 Å². The van der Waals surface area contributed by atoms with E-state index >= 15 is 0 Å². The van der Waals surface area contributed by atoms with E-state index in [1.165, 1.54) is 19.3 Å². The molecule has 1 aliphatic carbocycles. The minimum Gasteiger partial charge on any atom is -0.481 e. The van der Waals surface area contributed by atoms with Crippen LogP contribution in [0.25, 0.3) is 0 Å². The van der Waals surface area contributed by atoms with E-state index < -0.39 is 11.5 Å². The standard InChI is InChI=1S/C17H31NO3/c1-4-5-6-13-7-9-14(10-8-13)16(21)18-17(2,3)12-11-15(19)20/h13-14H,4-12H2,1-3H3,(H,18,21)(H,19,20). The van der Waals surface area contributed by atoms with E-state index in [0.29, 0.717) is 6.42 Å². The van der Waals surface area contributed by atoms with Crippen molar-refractivity contribution in [3.05, 3.63) is 0 Å². The van der Waals surface area contributed by atoms with Gasteiger partial charge in [-0.25, -0.2) is 0 Å². The normalized spacial score (nSPS) is 22.8. The second-order valence-corrected chi connectivity index (χ2v) is 7.13. The predicted molar refractivity (Wildman–Crippen MR) is 84.1 cm³/mol. The summed E-state index contributed by atoms with van der Waals surface area (Å²) in [6, 6.07) is 0. The van der Waals surface area contributed by atoms with Crippen LogP contribution in [0.1, 0.15) is 78.6 Å². The molecule has 1 aliphatic rings. The zero-order valence-corrected chi connectivity index (χ0v) is 13.8. The zero-order chi connectivity index (χ0) is 15.9. The molecule has 2 N–H and O–H groups in total. The van der Waals surface area contributed by atoms with Crippen LogP contribution in [-0.2, 0) is 9.59 Å². The number of unbranched alkanes of at least 4 members (excludes halogenated alkanes) is 1. The lowest BCUT2D eigenvalue weighted by Crippen LogP contribution is -2.47. The molecule has 0 atom stereocenters. The minimum absolute atomic E-state index is 0.0943. The lowest BCUT2D eigenvalue weighted by atomic mass is 9.79. The highest BCUT2D eigenvalue weighted by Crippen LogP contribution is 2.32. The smallest absolute Gasteiger partial charge is 0.303 e. The Labute approximate surface area is 128 Å². The van der Waals surface area contributed by atoms with Gasteiger partial charge >= 0.3 is 5.97 Å². The van der Waals surface area contributed by atoms with Gasteiger partial charge in [-0.3, -0.25) is 9.59 Å². The third-order valence-electron chi connectivity index (χ3n) is 4.61. The molecule has 1 amide bonds. The molecular weight excluding hydrogens is 266 g/mol. The van der Waals surface area contributed by atoms with Gasteiger partial charge in [0.15, 0.2) is 0 Å². The lowest BCUT2D eigenvalue weighted by molar-refractivity contribution is -0.138. The molecule has 4 nitrogen and oxygen atoms in total. The summed E-state index contributed by atoms with van der Waals surface area (Å²) in [5, 5.41) is 11.8. The summed E-state index contributed by atoms with van der Waals surface area (Å²) < 4.78 is 0. The maximum Gasteiger partial charge on any atom is 0.303 e. The SMILES string of the molecule is CCCCC1CCC(C(=O)NC(C)(C)CCC(=O)O)CC1. The van der Waals surface area contributed by atoms with Gasteiger partial charge in [0.1, 0.15) is 0 Å². The Bertz CT molecular complexity index is 344. The summed E-state index contributed by atoms with van der Waals surface area (Å²) in [5.41, 5.74) is -0.436. The van der Waals surface area contributed by atoms with Crippen LogP contribution < -0.4 is 5.32 Å². The van der Waals surface area contributed by atoms with E-state index in [-0.39, 0.29) is 18.2 Å². The van der Waals surface area contributed by atoms with Crippen LogP contribution in [0.4, 0.5) is 0 Å². The van der Waals surface area contributed by atoms with Crippen molar-refractivity contribution in [2.24, 2.45) is 11.8 Å². The Morgan fingerprint density at radius 1 is 1.19 bits per heavy atom. The summed E-state index contributed by atoms with van der Waals surface area (Å²) in [6.45, 7) is 6.03. The van der Waals surface area contributed by atoms with Gasteiger partial charge in [0.2, 0.25) is 5.91 Å². The highest BCUT2D eigenvalue weighted by Gasteiger charge is 2.29. The van der Waals surface area contributed by atoms with Gasteiger partial charge in [0.25, 0.3) is 0 Å². The van der Waals surface area contributed by atoms with Crippen molar-refractivity contribution in [3.63, 3.8) is 0 Å². The fourth-order valence-corrected chi connectivity index (χ4v) is 3.12. The highest BCUT2D eigenvalue weighted by molar-refractivity contribution is 5.79. The Kier molecular flexibility index (Phi) is 7.20. The number of hydrogen-bond donors (Lipinski definition) is 2. The van der Waals surface area contributed by atoms with Crippen molar-refractivity contribution in [2.75, 3.05) is 0 Å². The van der Waals surface area contributed by atoms with Crippen LogP contribution in [-0.4, -0.2) is 22.5 Å². The Morgan fingerprint density at radius 3 is 2.33 bits per heavy atom. The predicted octanol–water partition coefficient (Wildman–Crippen LogP) is 3.74. The van der Waals surface area contributed by atoms with E-state index in [2.05, 4.69) is 12.2 Å². The van der Waals surface area contributed by atoms with E-state index in [1.807, 2.05) is 13.8 Å². The van der Waals surface area contributed by atoms with Gasteiger partial charge in [0, 0.05) is 17.9 Å². The first kappa shape index (κ1) is 18.0. The Hall–Kier alpha value is -1.06. The fraction of sp³-hybridized carbons (Fsp3) is 0.882. The molecule has 0 aromatic rings. The number of carboxylic acids is 1. The molecule has 0 heterocycles.